The number of nitrogens with one attached hydrogen (secondary N) is 1. The maximum Gasteiger partial charge on any atom is 0.490 e. The normalized spacial score (nSPS) is 23.2. The molecule has 0 aliphatic carbocycles. The van der Waals surface area contributed by atoms with E-state index < -0.39 is 17.6 Å². The molecular weight excluding hydrogens is 433 g/mol. The van der Waals surface area contributed by atoms with E-state index in [1.54, 1.807) is 6.26 Å². The van der Waals surface area contributed by atoms with E-state index in [4.69, 9.17) is 19.1 Å². The van der Waals surface area contributed by atoms with Crippen LogP contribution in [0.15, 0.2) is 35.2 Å². The lowest BCUT2D eigenvalue weighted by atomic mass is 9.75. The number of carboxylic acid groups (broad SMARTS) is 1. The van der Waals surface area contributed by atoms with Gasteiger partial charge in [-0.1, -0.05) is 0 Å². The number of halogens is 3. The number of nitrogens with zero attached hydrogens (tertiary/aromatic N) is 3. The molecule has 2 fully saturated rings. The molecule has 4 rings (SSSR count). The second-order valence-electron chi connectivity index (χ2n) is 7.85. The number of carboxylic acids is 1. The first-order valence-electron chi connectivity index (χ1n) is 10.0. The van der Waals surface area contributed by atoms with Crippen LogP contribution in [0.1, 0.15) is 24.2 Å². The molecular formula is C20H25F3N4O5. The summed E-state index contributed by atoms with van der Waals surface area (Å²) in [4.78, 5) is 24.3. The number of alkyl halides is 3. The summed E-state index contributed by atoms with van der Waals surface area (Å²) in [5.41, 5.74) is 0.707. The van der Waals surface area contributed by atoms with Gasteiger partial charge in [-0.15, -0.1) is 0 Å². The first kappa shape index (κ1) is 23.8. The van der Waals surface area contributed by atoms with Gasteiger partial charge in [0.05, 0.1) is 30.5 Å². The highest BCUT2D eigenvalue weighted by Crippen LogP contribution is 2.41. The summed E-state index contributed by atoms with van der Waals surface area (Å²) in [6.45, 7) is 3.54. The average Bonchev–Trinajstić information content (AvgIpc) is 3.47. The van der Waals surface area contributed by atoms with Gasteiger partial charge in [0.1, 0.15) is 5.76 Å². The van der Waals surface area contributed by atoms with Crippen molar-refractivity contribution in [3.63, 3.8) is 0 Å². The molecule has 2 aromatic rings. The van der Waals surface area contributed by atoms with Crippen molar-refractivity contribution in [3.8, 4) is 0 Å². The Balaban J connectivity index is 0.000000360. The SMILES string of the molecule is Cn1cc(CN2CC[C@H]3OCC[C@@]3(C(=O)NCc3ccco3)C2)cn1.O=C(O)C(F)(F)F. The largest absolute Gasteiger partial charge is 0.490 e. The number of aromatic nitrogens is 2. The number of carbonyl (C=O) groups is 2. The van der Waals surface area contributed by atoms with E-state index in [-0.39, 0.29) is 12.0 Å². The summed E-state index contributed by atoms with van der Waals surface area (Å²) < 4.78 is 44.8. The molecule has 2 aliphatic heterocycles. The molecule has 32 heavy (non-hydrogen) atoms. The van der Waals surface area contributed by atoms with Crippen LogP contribution in [-0.4, -0.2) is 63.6 Å². The van der Waals surface area contributed by atoms with Gasteiger partial charge in [-0.25, -0.2) is 4.79 Å². The third-order valence-electron chi connectivity index (χ3n) is 5.56. The Kier molecular flexibility index (Phi) is 7.24. The number of furan rings is 1. The molecule has 12 heteroatoms. The molecule has 2 aromatic heterocycles. The monoisotopic (exact) mass is 458 g/mol. The number of fused-ring (bicyclic) bond motifs is 1. The maximum atomic E-state index is 13.0. The van der Waals surface area contributed by atoms with Crippen molar-refractivity contribution in [1.82, 2.24) is 20.0 Å². The molecule has 9 nitrogen and oxygen atoms in total. The van der Waals surface area contributed by atoms with Gasteiger partial charge in [0.2, 0.25) is 5.91 Å². The molecule has 2 N–H and O–H groups in total. The standard InChI is InChI=1S/C18H24N4O3.C2HF3O2/c1-21-11-14(9-20-21)12-22-6-4-16-18(13-22,5-8-25-16)17(23)19-10-15-3-2-7-24-15;3-2(4,5)1(6)7/h2-3,7,9,11,16H,4-6,8,10,12-13H2,1H3,(H,19,23);(H,6,7)/t16-,18-;/m1./s1. The number of rotatable bonds is 5. The van der Waals surface area contributed by atoms with E-state index in [0.29, 0.717) is 13.2 Å². The number of hydrogen-bond acceptors (Lipinski definition) is 6. The van der Waals surface area contributed by atoms with Gasteiger partial charge in [-0.05, 0) is 25.0 Å². The molecule has 2 atom stereocenters. The third kappa shape index (κ3) is 5.68. The van der Waals surface area contributed by atoms with Crippen molar-refractivity contribution >= 4 is 11.9 Å². The fourth-order valence-corrected chi connectivity index (χ4v) is 4.06. The minimum atomic E-state index is -5.08. The zero-order chi connectivity index (χ0) is 23.4. The van der Waals surface area contributed by atoms with Crippen LogP contribution in [0.25, 0.3) is 0 Å². The summed E-state index contributed by atoms with van der Waals surface area (Å²) in [7, 11) is 1.92. The number of amides is 1. The quantitative estimate of drug-likeness (QED) is 0.705. The van der Waals surface area contributed by atoms with Crippen molar-refractivity contribution in [2.75, 3.05) is 19.7 Å². The van der Waals surface area contributed by atoms with Crippen molar-refractivity contribution in [2.24, 2.45) is 12.5 Å². The van der Waals surface area contributed by atoms with E-state index in [9.17, 15) is 18.0 Å². The summed E-state index contributed by atoms with van der Waals surface area (Å²) in [5.74, 6) is -1.92. The van der Waals surface area contributed by atoms with Crippen LogP contribution in [0.2, 0.25) is 0 Å². The summed E-state index contributed by atoms with van der Waals surface area (Å²) in [5, 5.41) is 14.4. The van der Waals surface area contributed by atoms with Crippen LogP contribution < -0.4 is 5.32 Å². The number of piperidine rings is 1. The zero-order valence-corrected chi connectivity index (χ0v) is 17.5. The van der Waals surface area contributed by atoms with Crippen LogP contribution in [0.5, 0.6) is 0 Å². The number of ether oxygens (including phenoxy) is 1. The van der Waals surface area contributed by atoms with Crippen LogP contribution in [0.3, 0.4) is 0 Å². The van der Waals surface area contributed by atoms with E-state index in [0.717, 1.165) is 38.2 Å². The van der Waals surface area contributed by atoms with Crippen LogP contribution >= 0.6 is 0 Å². The molecule has 1 amide bonds. The topological polar surface area (TPSA) is 110 Å². The Morgan fingerprint density at radius 1 is 1.41 bits per heavy atom. The van der Waals surface area contributed by atoms with Gasteiger partial charge < -0.3 is 19.6 Å². The molecule has 2 saturated heterocycles. The lowest BCUT2D eigenvalue weighted by Crippen LogP contribution is -2.56. The minimum absolute atomic E-state index is 0.00856. The summed E-state index contributed by atoms with van der Waals surface area (Å²) in [6.07, 6.45) is 2.12. The Morgan fingerprint density at radius 2 is 2.16 bits per heavy atom. The number of likely N-dealkylation sites (tertiary alicyclic amines) is 1. The highest BCUT2D eigenvalue weighted by molar-refractivity contribution is 5.84. The van der Waals surface area contributed by atoms with Crippen molar-refractivity contribution in [3.05, 3.63) is 42.1 Å². The maximum absolute atomic E-state index is 13.0. The third-order valence-corrected chi connectivity index (χ3v) is 5.56. The highest BCUT2D eigenvalue weighted by Gasteiger charge is 2.53. The van der Waals surface area contributed by atoms with Crippen LogP contribution in [0.4, 0.5) is 13.2 Å². The van der Waals surface area contributed by atoms with Gasteiger partial charge in [0.15, 0.2) is 0 Å². The summed E-state index contributed by atoms with van der Waals surface area (Å²) >= 11 is 0. The van der Waals surface area contributed by atoms with Crippen molar-refractivity contribution in [2.45, 2.75) is 38.2 Å². The molecule has 0 spiro atoms. The molecule has 0 radical (unpaired) electrons. The lowest BCUT2D eigenvalue weighted by molar-refractivity contribution is -0.192. The minimum Gasteiger partial charge on any atom is -0.475 e. The lowest BCUT2D eigenvalue weighted by Gasteiger charge is -2.42. The molecule has 2 aliphatic rings. The van der Waals surface area contributed by atoms with Gasteiger partial charge in [-0.2, -0.15) is 18.3 Å². The first-order valence-corrected chi connectivity index (χ1v) is 10.0. The number of hydrogen-bond donors (Lipinski definition) is 2. The molecule has 0 unspecified atom stereocenters. The molecule has 0 saturated carbocycles. The fourth-order valence-electron chi connectivity index (χ4n) is 4.06. The Hall–Kier alpha value is -2.86. The number of aliphatic carboxylic acids is 1. The first-order chi connectivity index (χ1) is 15.1. The summed E-state index contributed by atoms with van der Waals surface area (Å²) in [6, 6.07) is 3.70. The van der Waals surface area contributed by atoms with Gasteiger partial charge in [0.25, 0.3) is 0 Å². The predicted molar refractivity (Wildman–Crippen MR) is 104 cm³/mol. The Morgan fingerprint density at radius 3 is 2.75 bits per heavy atom. The number of aryl methyl sites for hydroxylation is 1. The molecule has 4 heterocycles. The second kappa shape index (κ2) is 9.74. The zero-order valence-electron chi connectivity index (χ0n) is 17.5. The highest BCUT2D eigenvalue weighted by atomic mass is 19.4. The van der Waals surface area contributed by atoms with Crippen molar-refractivity contribution < 1.29 is 37.0 Å². The molecule has 0 aromatic carbocycles. The van der Waals surface area contributed by atoms with Gasteiger partial charge in [-0.3, -0.25) is 14.4 Å². The molecule has 0 bridgehead atoms. The van der Waals surface area contributed by atoms with E-state index in [2.05, 4.69) is 15.3 Å². The van der Waals surface area contributed by atoms with Crippen LogP contribution in [0, 0.1) is 5.41 Å². The fraction of sp³-hybridized carbons (Fsp3) is 0.550. The average molecular weight is 458 g/mol. The predicted octanol–water partition coefficient (Wildman–Crippen LogP) is 1.94. The van der Waals surface area contributed by atoms with E-state index in [1.807, 2.05) is 36.3 Å². The second-order valence-corrected chi connectivity index (χ2v) is 7.85. The number of carbonyl (C=O) groups excluding carboxylic acids is 1. The van der Waals surface area contributed by atoms with E-state index >= 15 is 0 Å². The Bertz CT molecular complexity index is 915. The molecule has 176 valence electrons. The van der Waals surface area contributed by atoms with Crippen molar-refractivity contribution in [1.29, 1.82) is 0 Å². The van der Waals surface area contributed by atoms with Crippen LogP contribution in [-0.2, 0) is 34.5 Å². The Labute approximate surface area is 182 Å². The van der Waals surface area contributed by atoms with Gasteiger partial charge in [0, 0.05) is 45.0 Å². The van der Waals surface area contributed by atoms with Gasteiger partial charge >= 0.3 is 12.1 Å². The smallest absolute Gasteiger partial charge is 0.475 e. The van der Waals surface area contributed by atoms with E-state index in [1.165, 1.54) is 5.56 Å².